The molecule has 2 aromatic carbocycles. The summed E-state index contributed by atoms with van der Waals surface area (Å²) >= 11 is 0. The molecule has 0 bridgehead atoms. The number of rotatable bonds is 5. The van der Waals surface area contributed by atoms with Crippen LogP contribution in [0.2, 0.25) is 0 Å². The van der Waals surface area contributed by atoms with E-state index in [-0.39, 0.29) is 0 Å². The number of aliphatic hydroxyl groups excluding tert-OH is 2. The molecule has 0 radical (unpaired) electrons. The summed E-state index contributed by atoms with van der Waals surface area (Å²) in [6.45, 7) is 1.63. The second-order valence-electron chi connectivity index (χ2n) is 5.65. The monoisotopic (exact) mass is 340 g/mol. The van der Waals surface area contributed by atoms with Crippen LogP contribution in [0.25, 0.3) is 0 Å². The SMILES string of the molecule is COc1cccc([C@@H](O)[C@@H](C)[C@H](O)c2ccc(C(F)(F)F)cc2)c1. The average Bonchev–Trinajstić information content (AvgIpc) is 2.59. The molecule has 6 heteroatoms. The van der Waals surface area contributed by atoms with Gasteiger partial charge in [0.1, 0.15) is 5.75 Å². The van der Waals surface area contributed by atoms with E-state index in [0.717, 1.165) is 12.1 Å². The largest absolute Gasteiger partial charge is 0.497 e. The molecule has 0 aliphatic rings. The summed E-state index contributed by atoms with van der Waals surface area (Å²) in [6, 6.07) is 11.1. The van der Waals surface area contributed by atoms with E-state index in [2.05, 4.69) is 0 Å². The molecule has 0 saturated carbocycles. The van der Waals surface area contributed by atoms with Crippen molar-refractivity contribution in [2.75, 3.05) is 7.11 Å². The van der Waals surface area contributed by atoms with Gasteiger partial charge in [0.15, 0.2) is 0 Å². The number of halogens is 3. The predicted octanol–water partition coefficient (Wildman–Crippen LogP) is 4.12. The first-order valence-corrected chi connectivity index (χ1v) is 7.41. The molecule has 2 N–H and O–H groups in total. The Kier molecular flexibility index (Phi) is 5.51. The minimum Gasteiger partial charge on any atom is -0.497 e. The Hall–Kier alpha value is -2.05. The minimum atomic E-state index is -4.42. The number of benzene rings is 2. The normalized spacial score (nSPS) is 15.6. The van der Waals surface area contributed by atoms with Gasteiger partial charge >= 0.3 is 6.18 Å². The van der Waals surface area contributed by atoms with Gasteiger partial charge in [-0.3, -0.25) is 0 Å². The summed E-state index contributed by atoms with van der Waals surface area (Å²) in [5, 5.41) is 20.8. The Balaban J connectivity index is 2.17. The minimum absolute atomic E-state index is 0.317. The van der Waals surface area contributed by atoms with Crippen molar-refractivity contribution in [3.8, 4) is 5.75 Å². The number of methoxy groups -OCH3 is 1. The molecular weight excluding hydrogens is 321 g/mol. The molecule has 24 heavy (non-hydrogen) atoms. The van der Waals surface area contributed by atoms with Gasteiger partial charge in [-0.05, 0) is 35.4 Å². The summed E-state index contributed by atoms with van der Waals surface area (Å²) in [4.78, 5) is 0. The van der Waals surface area contributed by atoms with Crippen LogP contribution in [0, 0.1) is 5.92 Å². The van der Waals surface area contributed by atoms with Gasteiger partial charge in [0.05, 0.1) is 24.9 Å². The third-order valence-electron chi connectivity index (χ3n) is 4.01. The molecule has 0 aliphatic carbocycles. The van der Waals surface area contributed by atoms with Crippen LogP contribution in [0.15, 0.2) is 48.5 Å². The molecule has 0 aromatic heterocycles. The van der Waals surface area contributed by atoms with Gasteiger partial charge in [-0.2, -0.15) is 13.2 Å². The lowest BCUT2D eigenvalue weighted by Gasteiger charge is -2.25. The second-order valence-corrected chi connectivity index (χ2v) is 5.65. The van der Waals surface area contributed by atoms with Crippen LogP contribution < -0.4 is 4.74 Å². The molecule has 0 fully saturated rings. The zero-order valence-electron chi connectivity index (χ0n) is 13.3. The summed E-state index contributed by atoms with van der Waals surface area (Å²) in [5.41, 5.74) is 0.102. The lowest BCUT2D eigenvalue weighted by atomic mass is 9.88. The predicted molar refractivity (Wildman–Crippen MR) is 83.5 cm³/mol. The van der Waals surface area contributed by atoms with E-state index in [1.165, 1.54) is 19.2 Å². The van der Waals surface area contributed by atoms with Crippen LogP contribution in [-0.2, 0) is 6.18 Å². The van der Waals surface area contributed by atoms with Gasteiger partial charge < -0.3 is 14.9 Å². The standard InChI is InChI=1S/C18H19F3O3/c1-11(17(23)13-4-3-5-15(10-13)24-2)16(22)12-6-8-14(9-7-12)18(19,20)21/h3-11,16-17,22-23H,1-2H3/t11-,16-,17-/m0/s1. The molecule has 0 heterocycles. The molecule has 0 aliphatic heterocycles. The number of hydrogen-bond donors (Lipinski definition) is 2. The van der Waals surface area contributed by atoms with Crippen molar-refractivity contribution in [2.24, 2.45) is 5.92 Å². The number of alkyl halides is 3. The maximum absolute atomic E-state index is 12.6. The van der Waals surface area contributed by atoms with E-state index in [1.54, 1.807) is 31.2 Å². The Labute approximate surface area is 138 Å². The molecule has 0 amide bonds. The molecule has 0 unspecified atom stereocenters. The van der Waals surface area contributed by atoms with Crippen LogP contribution in [0.3, 0.4) is 0 Å². The van der Waals surface area contributed by atoms with Crippen LogP contribution in [0.5, 0.6) is 5.75 Å². The maximum Gasteiger partial charge on any atom is 0.416 e. The zero-order valence-corrected chi connectivity index (χ0v) is 13.3. The van der Waals surface area contributed by atoms with E-state index in [9.17, 15) is 23.4 Å². The molecule has 2 aromatic rings. The van der Waals surface area contributed by atoms with Gasteiger partial charge in [0.2, 0.25) is 0 Å². The van der Waals surface area contributed by atoms with E-state index in [1.807, 2.05) is 0 Å². The third-order valence-corrected chi connectivity index (χ3v) is 4.01. The van der Waals surface area contributed by atoms with Gasteiger partial charge in [-0.25, -0.2) is 0 Å². The highest BCUT2D eigenvalue weighted by molar-refractivity contribution is 5.31. The van der Waals surface area contributed by atoms with E-state index in [0.29, 0.717) is 16.9 Å². The lowest BCUT2D eigenvalue weighted by Crippen LogP contribution is -2.18. The lowest BCUT2D eigenvalue weighted by molar-refractivity contribution is -0.137. The van der Waals surface area contributed by atoms with E-state index in [4.69, 9.17) is 4.74 Å². The van der Waals surface area contributed by atoms with Gasteiger partial charge in [0.25, 0.3) is 0 Å². The first kappa shape index (κ1) is 18.3. The Morgan fingerprint density at radius 3 is 2.04 bits per heavy atom. The van der Waals surface area contributed by atoms with Crippen LogP contribution in [0.4, 0.5) is 13.2 Å². The Morgan fingerprint density at radius 1 is 0.917 bits per heavy atom. The molecule has 0 saturated heterocycles. The molecule has 130 valence electrons. The first-order chi connectivity index (χ1) is 11.2. The molecular formula is C18H19F3O3. The quantitative estimate of drug-likeness (QED) is 0.861. The number of aliphatic hydroxyl groups is 2. The highest BCUT2D eigenvalue weighted by atomic mass is 19.4. The van der Waals surface area contributed by atoms with Gasteiger partial charge in [0, 0.05) is 5.92 Å². The summed E-state index contributed by atoms with van der Waals surface area (Å²) in [6.07, 6.45) is -6.51. The number of hydrogen-bond acceptors (Lipinski definition) is 3. The van der Waals surface area contributed by atoms with Crippen molar-refractivity contribution in [3.63, 3.8) is 0 Å². The van der Waals surface area contributed by atoms with E-state index < -0.39 is 29.9 Å². The molecule has 2 rings (SSSR count). The fourth-order valence-corrected chi connectivity index (χ4v) is 2.47. The fraction of sp³-hybridized carbons (Fsp3) is 0.333. The average molecular weight is 340 g/mol. The topological polar surface area (TPSA) is 49.7 Å². The van der Waals surface area contributed by atoms with Gasteiger partial charge in [-0.15, -0.1) is 0 Å². The maximum atomic E-state index is 12.6. The first-order valence-electron chi connectivity index (χ1n) is 7.41. The van der Waals surface area contributed by atoms with E-state index >= 15 is 0 Å². The highest BCUT2D eigenvalue weighted by Crippen LogP contribution is 2.35. The Morgan fingerprint density at radius 2 is 1.50 bits per heavy atom. The molecule has 0 spiro atoms. The molecule has 3 atom stereocenters. The van der Waals surface area contributed by atoms with Crippen LogP contribution >= 0.6 is 0 Å². The van der Waals surface area contributed by atoms with Crippen molar-refractivity contribution in [1.82, 2.24) is 0 Å². The fourth-order valence-electron chi connectivity index (χ4n) is 2.47. The Bertz CT molecular complexity index is 668. The van der Waals surface area contributed by atoms with Crippen molar-refractivity contribution in [3.05, 3.63) is 65.2 Å². The smallest absolute Gasteiger partial charge is 0.416 e. The zero-order chi connectivity index (χ0) is 17.9. The number of ether oxygens (including phenoxy) is 1. The highest BCUT2D eigenvalue weighted by Gasteiger charge is 2.31. The van der Waals surface area contributed by atoms with Crippen molar-refractivity contribution >= 4 is 0 Å². The second kappa shape index (κ2) is 7.23. The summed E-state index contributed by atoms with van der Waals surface area (Å²) in [5.74, 6) is -0.0448. The van der Waals surface area contributed by atoms with Crippen LogP contribution in [-0.4, -0.2) is 17.3 Å². The van der Waals surface area contributed by atoms with Crippen LogP contribution in [0.1, 0.15) is 35.8 Å². The third kappa shape index (κ3) is 4.07. The summed E-state index contributed by atoms with van der Waals surface area (Å²) in [7, 11) is 1.51. The van der Waals surface area contributed by atoms with Gasteiger partial charge in [-0.1, -0.05) is 31.2 Å². The van der Waals surface area contributed by atoms with Crippen molar-refractivity contribution in [1.29, 1.82) is 0 Å². The molecule has 3 nitrogen and oxygen atoms in total. The summed E-state index contributed by atoms with van der Waals surface area (Å²) < 4.78 is 42.9. The van der Waals surface area contributed by atoms with Crippen molar-refractivity contribution in [2.45, 2.75) is 25.3 Å². The van der Waals surface area contributed by atoms with Crippen molar-refractivity contribution < 1.29 is 28.1 Å².